The molecule has 8 nitrogen and oxygen atoms in total. The first-order valence-corrected chi connectivity index (χ1v) is 12.2. The summed E-state index contributed by atoms with van der Waals surface area (Å²) in [6.45, 7) is 0.363. The van der Waals surface area contributed by atoms with Crippen LogP contribution in [0.15, 0.2) is 103 Å². The van der Waals surface area contributed by atoms with E-state index < -0.39 is 22.9 Å². The summed E-state index contributed by atoms with van der Waals surface area (Å²) in [7, 11) is 1.59. The van der Waals surface area contributed by atoms with Crippen LogP contribution in [-0.2, 0) is 26.4 Å². The smallest absolute Gasteiger partial charge is 0.269 e. The molecule has 6 rings (SSSR count). The van der Waals surface area contributed by atoms with Crippen LogP contribution >= 0.6 is 0 Å². The van der Waals surface area contributed by atoms with E-state index in [1.54, 1.807) is 36.3 Å². The number of methoxy groups -OCH3 is 1. The van der Waals surface area contributed by atoms with Crippen LogP contribution in [0.5, 0.6) is 5.75 Å². The van der Waals surface area contributed by atoms with Gasteiger partial charge in [0.15, 0.2) is 6.29 Å². The van der Waals surface area contributed by atoms with Crippen molar-refractivity contribution in [1.82, 2.24) is 0 Å². The monoisotopic (exact) mass is 508 g/mol. The molecule has 0 aromatic heterocycles. The van der Waals surface area contributed by atoms with Crippen molar-refractivity contribution in [3.63, 3.8) is 0 Å². The number of hydrogen-bond acceptors (Lipinski definition) is 6. The molecule has 8 heteroatoms. The number of carbonyl (C=O) groups is 1. The van der Waals surface area contributed by atoms with Crippen molar-refractivity contribution < 1.29 is 23.9 Å². The number of anilines is 1. The first-order chi connectivity index (χ1) is 18.5. The predicted octanol–water partition coefficient (Wildman–Crippen LogP) is 5.83. The first kappa shape index (κ1) is 23.8. The van der Waals surface area contributed by atoms with Crippen LogP contribution in [0.2, 0.25) is 0 Å². The molecule has 38 heavy (non-hydrogen) atoms. The fourth-order valence-electron chi connectivity index (χ4n) is 5.21. The second-order valence-corrected chi connectivity index (χ2v) is 9.22. The Hall–Kier alpha value is -4.53. The summed E-state index contributed by atoms with van der Waals surface area (Å²) in [6, 6.07) is 30.7. The Kier molecular flexibility index (Phi) is 5.90. The summed E-state index contributed by atoms with van der Waals surface area (Å²) in [4.78, 5) is 27.0. The predicted molar refractivity (Wildman–Crippen MR) is 139 cm³/mol. The number of amides is 1. The average Bonchev–Trinajstić information content (AvgIpc) is 3.47. The lowest BCUT2D eigenvalue weighted by atomic mass is 9.85. The van der Waals surface area contributed by atoms with Crippen molar-refractivity contribution in [2.24, 2.45) is 0 Å². The highest BCUT2D eigenvalue weighted by molar-refractivity contribution is 6.07. The van der Waals surface area contributed by atoms with Gasteiger partial charge in [-0.1, -0.05) is 60.7 Å². The van der Waals surface area contributed by atoms with Crippen molar-refractivity contribution in [3.05, 3.63) is 135 Å². The van der Waals surface area contributed by atoms with E-state index in [2.05, 4.69) is 0 Å². The zero-order chi connectivity index (χ0) is 26.3. The topological polar surface area (TPSA) is 91.1 Å². The van der Waals surface area contributed by atoms with Crippen molar-refractivity contribution in [3.8, 4) is 5.75 Å². The molecule has 4 aromatic carbocycles. The number of carbonyl (C=O) groups excluding carboxylic acids is 1. The maximum absolute atomic E-state index is 14.4. The van der Waals surface area contributed by atoms with Crippen molar-refractivity contribution in [2.75, 3.05) is 12.0 Å². The molecule has 2 heterocycles. The van der Waals surface area contributed by atoms with E-state index in [-0.39, 0.29) is 11.6 Å². The van der Waals surface area contributed by atoms with Crippen LogP contribution in [0.1, 0.15) is 34.6 Å². The number of ether oxygens (including phenoxy) is 3. The molecule has 1 spiro atoms. The lowest BCUT2D eigenvalue weighted by Crippen LogP contribution is -2.43. The highest BCUT2D eigenvalue weighted by Crippen LogP contribution is 2.58. The first-order valence-electron chi connectivity index (χ1n) is 12.2. The Morgan fingerprint density at radius 1 is 0.895 bits per heavy atom. The molecule has 0 unspecified atom stereocenters. The van der Waals surface area contributed by atoms with Crippen LogP contribution < -0.4 is 9.64 Å². The largest absolute Gasteiger partial charge is 0.497 e. The maximum Gasteiger partial charge on any atom is 0.269 e. The van der Waals surface area contributed by atoms with Crippen molar-refractivity contribution in [1.29, 1.82) is 0 Å². The van der Waals surface area contributed by atoms with Gasteiger partial charge in [0.2, 0.25) is 5.60 Å². The van der Waals surface area contributed by atoms with Gasteiger partial charge in [0.1, 0.15) is 11.9 Å². The minimum Gasteiger partial charge on any atom is -0.497 e. The molecule has 190 valence electrons. The quantitative estimate of drug-likeness (QED) is 0.240. The molecule has 0 saturated carbocycles. The fourth-order valence-corrected chi connectivity index (χ4v) is 5.21. The molecular formula is C30H24N2O6. The number of nitro benzene ring substituents is 1. The van der Waals surface area contributed by atoms with Crippen LogP contribution in [0, 0.1) is 10.1 Å². The Balaban J connectivity index is 1.47. The van der Waals surface area contributed by atoms with Gasteiger partial charge in [0.05, 0.1) is 24.3 Å². The highest BCUT2D eigenvalue weighted by atomic mass is 16.7. The second kappa shape index (κ2) is 9.41. The molecule has 0 aliphatic carbocycles. The minimum absolute atomic E-state index is 0.0442. The summed E-state index contributed by atoms with van der Waals surface area (Å²) in [5.41, 5.74) is 2.22. The summed E-state index contributed by atoms with van der Waals surface area (Å²) in [6.07, 6.45) is -1.69. The zero-order valence-corrected chi connectivity index (χ0v) is 20.5. The Morgan fingerprint density at radius 2 is 1.55 bits per heavy atom. The van der Waals surface area contributed by atoms with Gasteiger partial charge in [0.25, 0.3) is 11.6 Å². The lowest BCUT2D eigenvalue weighted by molar-refractivity contribution is -0.384. The number of benzene rings is 4. The van der Waals surface area contributed by atoms with Gasteiger partial charge in [-0.25, -0.2) is 0 Å². The number of non-ortho nitro benzene ring substituents is 1. The van der Waals surface area contributed by atoms with Gasteiger partial charge >= 0.3 is 0 Å². The standard InChI is InChI=1S/C30H24N2O6/c1-36-24-17-13-22(14-18-24)28-37-27(21-11-15-23(16-12-21)32(34)35)30(38-28)25-9-5-6-10-26(25)31(29(30)33)19-20-7-3-2-4-8-20/h2-18,27-28H,19H2,1H3/t27-,28+,30-/m1/s1. The van der Waals surface area contributed by atoms with Gasteiger partial charge in [-0.05, 0) is 41.5 Å². The summed E-state index contributed by atoms with van der Waals surface area (Å²) in [5, 5.41) is 11.3. The normalized spacial score (nSPS) is 22.0. The van der Waals surface area contributed by atoms with Crippen LogP contribution in [0.3, 0.4) is 0 Å². The molecule has 1 amide bonds. The minimum atomic E-state index is -1.48. The van der Waals surface area contributed by atoms with Crippen LogP contribution in [-0.4, -0.2) is 17.9 Å². The highest BCUT2D eigenvalue weighted by Gasteiger charge is 2.63. The molecule has 2 aliphatic rings. The molecule has 0 radical (unpaired) electrons. The molecule has 0 N–H and O–H groups in total. The van der Waals surface area contributed by atoms with E-state index in [0.717, 1.165) is 16.8 Å². The van der Waals surface area contributed by atoms with Crippen LogP contribution in [0.4, 0.5) is 11.4 Å². The van der Waals surface area contributed by atoms with E-state index in [0.29, 0.717) is 23.4 Å². The lowest BCUT2D eigenvalue weighted by Gasteiger charge is -2.28. The molecule has 1 fully saturated rings. The van der Waals surface area contributed by atoms with Crippen molar-refractivity contribution in [2.45, 2.75) is 24.5 Å². The number of nitro groups is 1. The molecular weight excluding hydrogens is 484 g/mol. The Bertz CT molecular complexity index is 1490. The van der Waals surface area contributed by atoms with Gasteiger partial charge < -0.3 is 19.1 Å². The van der Waals surface area contributed by atoms with E-state index in [9.17, 15) is 14.9 Å². The van der Waals surface area contributed by atoms with Gasteiger partial charge in [0, 0.05) is 23.3 Å². The molecule has 3 atom stereocenters. The van der Waals surface area contributed by atoms with Gasteiger partial charge in [-0.3, -0.25) is 14.9 Å². The second-order valence-electron chi connectivity index (χ2n) is 9.22. The van der Waals surface area contributed by atoms with E-state index in [1.807, 2.05) is 66.7 Å². The Labute approximate surface area is 219 Å². The number of hydrogen-bond donors (Lipinski definition) is 0. The average molecular weight is 509 g/mol. The third-order valence-electron chi connectivity index (χ3n) is 7.06. The SMILES string of the molecule is COc1ccc([C@H]2O[C@H](c3ccc([N+](=O)[O-])cc3)[C@@]3(O2)C(=O)N(Cc2ccccc2)c2ccccc23)cc1. The summed E-state index contributed by atoms with van der Waals surface area (Å²) in [5.74, 6) is 0.437. The van der Waals surface area contributed by atoms with Gasteiger partial charge in [-0.2, -0.15) is 0 Å². The third kappa shape index (κ3) is 3.82. The number of fused-ring (bicyclic) bond motifs is 2. The molecule has 0 bridgehead atoms. The van der Waals surface area contributed by atoms with Crippen LogP contribution in [0.25, 0.3) is 0 Å². The van der Waals surface area contributed by atoms with Gasteiger partial charge in [-0.15, -0.1) is 0 Å². The van der Waals surface area contributed by atoms with E-state index in [1.165, 1.54) is 12.1 Å². The Morgan fingerprint density at radius 3 is 2.24 bits per heavy atom. The number of para-hydroxylation sites is 1. The molecule has 4 aromatic rings. The van der Waals surface area contributed by atoms with E-state index >= 15 is 0 Å². The number of rotatable bonds is 6. The van der Waals surface area contributed by atoms with E-state index in [4.69, 9.17) is 14.2 Å². The summed E-state index contributed by atoms with van der Waals surface area (Å²) >= 11 is 0. The fraction of sp³-hybridized carbons (Fsp3) is 0.167. The number of nitrogens with zero attached hydrogens (tertiary/aromatic N) is 2. The third-order valence-corrected chi connectivity index (χ3v) is 7.06. The molecule has 1 saturated heterocycles. The molecule has 2 aliphatic heterocycles. The zero-order valence-electron chi connectivity index (χ0n) is 20.5. The summed E-state index contributed by atoms with van der Waals surface area (Å²) < 4.78 is 18.4. The maximum atomic E-state index is 14.4. The van der Waals surface area contributed by atoms with Crippen molar-refractivity contribution >= 4 is 17.3 Å².